The predicted molar refractivity (Wildman–Crippen MR) is 112 cm³/mol. The first-order chi connectivity index (χ1) is 14.3. The second-order valence-electron chi connectivity index (χ2n) is 6.73. The summed E-state index contributed by atoms with van der Waals surface area (Å²) in [5.74, 6) is -1.77. The molecule has 8 nitrogen and oxygen atoms in total. The lowest BCUT2D eigenvalue weighted by Crippen LogP contribution is -2.35. The lowest BCUT2D eigenvalue weighted by molar-refractivity contribution is -0.126. The molecule has 2 aromatic carbocycles. The molecule has 3 N–H and O–H groups in total. The molecule has 0 unspecified atom stereocenters. The molecule has 156 valence electrons. The summed E-state index contributed by atoms with van der Waals surface area (Å²) in [4.78, 5) is 47.4. The van der Waals surface area contributed by atoms with E-state index in [2.05, 4.69) is 16.0 Å². The monoisotopic (exact) mass is 429 g/mol. The number of esters is 1. The largest absolute Gasteiger partial charge is 0.452 e. The van der Waals surface area contributed by atoms with Crippen molar-refractivity contribution in [1.29, 1.82) is 0 Å². The number of rotatable bonds is 6. The van der Waals surface area contributed by atoms with Gasteiger partial charge in [-0.15, -0.1) is 0 Å². The van der Waals surface area contributed by atoms with Gasteiger partial charge in [0.15, 0.2) is 6.61 Å². The number of hydrogen-bond acceptors (Lipinski definition) is 5. The molecular weight excluding hydrogens is 410 g/mol. The average Bonchev–Trinajstić information content (AvgIpc) is 2.73. The van der Waals surface area contributed by atoms with Crippen LogP contribution in [0.5, 0.6) is 0 Å². The molecule has 2 aromatic rings. The summed E-state index contributed by atoms with van der Waals surface area (Å²) in [5, 5.41) is 8.29. The summed E-state index contributed by atoms with van der Waals surface area (Å²) in [6.45, 7) is 0.974. The van der Waals surface area contributed by atoms with E-state index in [4.69, 9.17) is 16.3 Å². The van der Waals surface area contributed by atoms with Crippen LogP contribution < -0.4 is 16.0 Å². The molecule has 0 aromatic heterocycles. The molecule has 1 aliphatic heterocycles. The van der Waals surface area contributed by atoms with E-state index in [1.165, 1.54) is 6.07 Å². The van der Waals surface area contributed by atoms with Crippen molar-refractivity contribution < 1.29 is 23.9 Å². The Bertz CT molecular complexity index is 1020. The van der Waals surface area contributed by atoms with Crippen LogP contribution in [0.15, 0.2) is 36.4 Å². The molecule has 0 bridgehead atoms. The Morgan fingerprint density at radius 3 is 2.73 bits per heavy atom. The minimum Gasteiger partial charge on any atom is -0.452 e. The molecule has 3 rings (SSSR count). The van der Waals surface area contributed by atoms with Crippen molar-refractivity contribution >= 4 is 46.7 Å². The molecule has 0 saturated heterocycles. The molecule has 30 heavy (non-hydrogen) atoms. The lowest BCUT2D eigenvalue weighted by atomic mass is 10.0. The highest BCUT2D eigenvalue weighted by atomic mass is 35.5. The summed E-state index contributed by atoms with van der Waals surface area (Å²) in [6.07, 6.45) is 0.884. The number of nitrogens with one attached hydrogen (secondary N) is 3. The molecule has 1 heterocycles. The number of fused-ring (bicyclic) bond motifs is 1. The topological polar surface area (TPSA) is 114 Å². The van der Waals surface area contributed by atoms with Gasteiger partial charge in [-0.05, 0) is 54.8 Å². The Kier molecular flexibility index (Phi) is 6.68. The van der Waals surface area contributed by atoms with Crippen LogP contribution in [0.3, 0.4) is 0 Å². The van der Waals surface area contributed by atoms with Gasteiger partial charge in [-0.2, -0.15) is 0 Å². The van der Waals surface area contributed by atoms with Crippen molar-refractivity contribution in [3.8, 4) is 0 Å². The number of halogens is 1. The highest BCUT2D eigenvalue weighted by Gasteiger charge is 2.18. The lowest BCUT2D eigenvalue weighted by Gasteiger charge is -2.17. The van der Waals surface area contributed by atoms with Gasteiger partial charge in [0.2, 0.25) is 11.8 Å². The molecule has 0 atom stereocenters. The Morgan fingerprint density at radius 2 is 1.93 bits per heavy atom. The fourth-order valence-corrected chi connectivity index (χ4v) is 3.07. The van der Waals surface area contributed by atoms with Crippen LogP contribution in [-0.4, -0.2) is 36.8 Å². The molecule has 0 radical (unpaired) electrons. The second kappa shape index (κ2) is 9.41. The standard InChI is InChI=1S/C21H20ClN3O5/c1-12-15(22)3-2-4-16(12)24-19(27)10-23-20(28)11-30-21(29)14-5-7-17-13(9-14)6-8-18(26)25-17/h2-5,7,9H,6,8,10-11H2,1H3,(H,23,28)(H,24,27)(H,25,26). The smallest absolute Gasteiger partial charge is 0.338 e. The van der Waals surface area contributed by atoms with Gasteiger partial charge < -0.3 is 20.7 Å². The summed E-state index contributed by atoms with van der Waals surface area (Å²) in [7, 11) is 0. The third-order valence-electron chi connectivity index (χ3n) is 4.56. The Labute approximate surface area is 177 Å². The van der Waals surface area contributed by atoms with E-state index < -0.39 is 24.4 Å². The average molecular weight is 430 g/mol. The molecular formula is C21H20ClN3O5. The van der Waals surface area contributed by atoms with Gasteiger partial charge in [-0.25, -0.2) is 4.79 Å². The number of ether oxygens (including phenoxy) is 1. The number of carbonyl (C=O) groups excluding carboxylic acids is 4. The number of hydrogen-bond donors (Lipinski definition) is 3. The zero-order valence-corrected chi connectivity index (χ0v) is 17.0. The van der Waals surface area contributed by atoms with Gasteiger partial charge >= 0.3 is 5.97 Å². The zero-order chi connectivity index (χ0) is 21.7. The fraction of sp³-hybridized carbons (Fsp3) is 0.238. The summed E-state index contributed by atoms with van der Waals surface area (Å²) in [5.41, 5.74) is 3.06. The van der Waals surface area contributed by atoms with Crippen molar-refractivity contribution in [2.75, 3.05) is 23.8 Å². The molecule has 0 spiro atoms. The molecule has 0 saturated carbocycles. The number of aryl methyl sites for hydroxylation is 1. The fourth-order valence-electron chi connectivity index (χ4n) is 2.89. The highest BCUT2D eigenvalue weighted by Crippen LogP contribution is 2.24. The van der Waals surface area contributed by atoms with E-state index in [1.807, 2.05) is 0 Å². The van der Waals surface area contributed by atoms with E-state index >= 15 is 0 Å². The molecule has 0 fully saturated rings. The van der Waals surface area contributed by atoms with E-state index in [0.29, 0.717) is 29.2 Å². The Hall–Kier alpha value is -3.39. The van der Waals surface area contributed by atoms with Crippen LogP contribution in [0.2, 0.25) is 5.02 Å². The van der Waals surface area contributed by atoms with Crippen molar-refractivity contribution in [1.82, 2.24) is 5.32 Å². The number of anilines is 2. The minimum absolute atomic E-state index is 0.0657. The van der Waals surface area contributed by atoms with Crippen molar-refractivity contribution in [2.45, 2.75) is 19.8 Å². The molecule has 3 amide bonds. The van der Waals surface area contributed by atoms with Crippen LogP contribution >= 0.6 is 11.6 Å². The van der Waals surface area contributed by atoms with Gasteiger partial charge in [0.1, 0.15) is 0 Å². The van der Waals surface area contributed by atoms with E-state index in [-0.39, 0.29) is 18.0 Å². The summed E-state index contributed by atoms with van der Waals surface area (Å²) in [6, 6.07) is 9.90. The molecule has 9 heteroatoms. The normalized spacial score (nSPS) is 12.4. The van der Waals surface area contributed by atoms with Crippen LogP contribution in [0.4, 0.5) is 11.4 Å². The van der Waals surface area contributed by atoms with Crippen molar-refractivity contribution in [2.24, 2.45) is 0 Å². The minimum atomic E-state index is -0.663. The maximum atomic E-state index is 12.2. The first-order valence-corrected chi connectivity index (χ1v) is 9.63. The quantitative estimate of drug-likeness (QED) is 0.610. The molecule has 0 aliphatic carbocycles. The third kappa shape index (κ3) is 5.36. The maximum absolute atomic E-state index is 12.2. The van der Waals surface area contributed by atoms with E-state index in [1.54, 1.807) is 37.3 Å². The maximum Gasteiger partial charge on any atom is 0.338 e. The van der Waals surface area contributed by atoms with Gasteiger partial charge in [0.05, 0.1) is 12.1 Å². The summed E-state index contributed by atoms with van der Waals surface area (Å²) < 4.78 is 5.00. The van der Waals surface area contributed by atoms with E-state index in [9.17, 15) is 19.2 Å². The first-order valence-electron chi connectivity index (χ1n) is 9.25. The van der Waals surface area contributed by atoms with Crippen molar-refractivity contribution in [3.05, 3.63) is 58.1 Å². The number of benzene rings is 2. The number of carbonyl (C=O) groups is 4. The Morgan fingerprint density at radius 1 is 1.13 bits per heavy atom. The molecule has 1 aliphatic rings. The SMILES string of the molecule is Cc1c(Cl)cccc1NC(=O)CNC(=O)COC(=O)c1ccc2c(c1)CCC(=O)N2. The van der Waals surface area contributed by atoms with Crippen LogP contribution in [-0.2, 0) is 25.5 Å². The highest BCUT2D eigenvalue weighted by molar-refractivity contribution is 6.31. The van der Waals surface area contributed by atoms with Crippen molar-refractivity contribution in [3.63, 3.8) is 0 Å². The summed E-state index contributed by atoms with van der Waals surface area (Å²) >= 11 is 6.00. The van der Waals surface area contributed by atoms with Gasteiger partial charge in [0, 0.05) is 22.8 Å². The van der Waals surface area contributed by atoms with Gasteiger partial charge in [0.25, 0.3) is 5.91 Å². The third-order valence-corrected chi connectivity index (χ3v) is 4.97. The van der Waals surface area contributed by atoms with Crippen LogP contribution in [0.1, 0.15) is 27.9 Å². The van der Waals surface area contributed by atoms with Gasteiger partial charge in [-0.1, -0.05) is 17.7 Å². The Balaban J connectivity index is 1.45. The second-order valence-corrected chi connectivity index (χ2v) is 7.14. The zero-order valence-electron chi connectivity index (χ0n) is 16.2. The van der Waals surface area contributed by atoms with Gasteiger partial charge in [-0.3, -0.25) is 14.4 Å². The van der Waals surface area contributed by atoms with Crippen LogP contribution in [0.25, 0.3) is 0 Å². The predicted octanol–water partition coefficient (Wildman–Crippen LogP) is 2.44. The van der Waals surface area contributed by atoms with E-state index in [0.717, 1.165) is 11.1 Å². The number of amides is 3. The first kappa shape index (κ1) is 21.3. The van der Waals surface area contributed by atoms with Crippen LogP contribution in [0, 0.1) is 6.92 Å².